The first-order valence-electron chi connectivity index (χ1n) is 8.04. The number of para-hydroxylation sites is 1. The van der Waals surface area contributed by atoms with E-state index in [2.05, 4.69) is 35.4 Å². The molecule has 2 nitrogen and oxygen atoms in total. The van der Waals surface area contributed by atoms with Crippen LogP contribution in [-0.4, -0.2) is 11.5 Å². The first-order valence-corrected chi connectivity index (χ1v) is 8.04. The van der Waals surface area contributed by atoms with E-state index in [1.54, 1.807) is 5.56 Å². The van der Waals surface area contributed by atoms with Gasteiger partial charge in [0.2, 0.25) is 0 Å². The Morgan fingerprint density at radius 3 is 2.40 bits per heavy atom. The molecule has 0 spiro atoms. The molecule has 3 fully saturated rings. The third-order valence-electron chi connectivity index (χ3n) is 6.24. The van der Waals surface area contributed by atoms with Gasteiger partial charge in [-0.15, -0.1) is 0 Å². The Morgan fingerprint density at radius 1 is 1.00 bits per heavy atom. The van der Waals surface area contributed by atoms with Crippen molar-refractivity contribution >= 4 is 10.9 Å². The number of rotatable bonds is 3. The van der Waals surface area contributed by atoms with Crippen molar-refractivity contribution in [1.29, 1.82) is 0 Å². The molecule has 2 aromatic rings. The molecule has 3 N–H and O–H groups in total. The monoisotopic (exact) mass is 268 g/mol. The molecular formula is C18H24N2. The largest absolute Gasteiger partial charge is 0.361 e. The zero-order valence-electron chi connectivity index (χ0n) is 12.1. The lowest BCUT2D eigenvalue weighted by Gasteiger charge is -2.54. The maximum Gasteiger partial charge on any atom is 0.0457 e. The summed E-state index contributed by atoms with van der Waals surface area (Å²) < 4.78 is 0. The first-order chi connectivity index (χ1) is 9.77. The zero-order chi connectivity index (χ0) is 13.6. The van der Waals surface area contributed by atoms with E-state index in [9.17, 15) is 0 Å². The van der Waals surface area contributed by atoms with Gasteiger partial charge in [-0.05, 0) is 74.0 Å². The molecule has 2 bridgehead atoms. The highest BCUT2D eigenvalue weighted by Crippen LogP contribution is 2.59. The summed E-state index contributed by atoms with van der Waals surface area (Å²) in [7, 11) is 0. The Balaban J connectivity index is 1.70. The molecule has 0 unspecified atom stereocenters. The molecule has 3 aliphatic rings. The molecule has 3 aliphatic carbocycles. The van der Waals surface area contributed by atoms with E-state index in [4.69, 9.17) is 5.73 Å². The van der Waals surface area contributed by atoms with Crippen LogP contribution in [-0.2, 0) is 5.41 Å². The van der Waals surface area contributed by atoms with Gasteiger partial charge in [-0.25, -0.2) is 0 Å². The van der Waals surface area contributed by atoms with Crippen LogP contribution in [0.2, 0.25) is 0 Å². The van der Waals surface area contributed by atoms with Crippen LogP contribution in [0.15, 0.2) is 30.5 Å². The van der Waals surface area contributed by atoms with Crippen LogP contribution in [0.1, 0.15) is 50.5 Å². The first kappa shape index (κ1) is 12.5. The minimum absolute atomic E-state index is 0.440. The average Bonchev–Trinajstić information content (AvgIpc) is 2.94. The third-order valence-corrected chi connectivity index (χ3v) is 6.24. The Kier molecular flexibility index (Phi) is 2.71. The molecule has 3 saturated carbocycles. The molecule has 1 aromatic heterocycles. The van der Waals surface area contributed by atoms with Gasteiger partial charge in [-0.2, -0.15) is 0 Å². The SMILES string of the molecule is NCCC12CCC(c3c[nH]c4ccccc34)(CC1)CC2. The van der Waals surface area contributed by atoms with Gasteiger partial charge < -0.3 is 10.7 Å². The lowest BCUT2D eigenvalue weighted by Crippen LogP contribution is -2.44. The van der Waals surface area contributed by atoms with Crippen molar-refractivity contribution in [1.82, 2.24) is 4.98 Å². The van der Waals surface area contributed by atoms with E-state index in [1.807, 2.05) is 0 Å². The van der Waals surface area contributed by atoms with Crippen LogP contribution in [0.3, 0.4) is 0 Å². The smallest absolute Gasteiger partial charge is 0.0457 e. The normalized spacial score (nSPS) is 32.9. The van der Waals surface area contributed by atoms with Crippen molar-refractivity contribution in [2.45, 2.75) is 50.4 Å². The lowest BCUT2D eigenvalue weighted by atomic mass is 9.51. The van der Waals surface area contributed by atoms with Gasteiger partial charge >= 0.3 is 0 Å². The number of aromatic nitrogens is 1. The number of benzene rings is 1. The number of nitrogens with two attached hydrogens (primary N) is 1. The van der Waals surface area contributed by atoms with Crippen LogP contribution < -0.4 is 5.73 Å². The van der Waals surface area contributed by atoms with Crippen LogP contribution in [0, 0.1) is 5.41 Å². The number of aromatic amines is 1. The van der Waals surface area contributed by atoms with E-state index in [0.29, 0.717) is 10.8 Å². The van der Waals surface area contributed by atoms with Gasteiger partial charge in [-0.1, -0.05) is 18.2 Å². The van der Waals surface area contributed by atoms with Crippen molar-refractivity contribution in [3.05, 3.63) is 36.0 Å². The Morgan fingerprint density at radius 2 is 1.70 bits per heavy atom. The van der Waals surface area contributed by atoms with E-state index in [-0.39, 0.29) is 0 Å². The summed E-state index contributed by atoms with van der Waals surface area (Å²) in [6.07, 6.45) is 11.7. The molecule has 0 radical (unpaired) electrons. The lowest BCUT2D eigenvalue weighted by molar-refractivity contribution is 0.0353. The van der Waals surface area contributed by atoms with Gasteiger partial charge in [-0.3, -0.25) is 0 Å². The van der Waals surface area contributed by atoms with Gasteiger partial charge in [0.25, 0.3) is 0 Å². The summed E-state index contributed by atoms with van der Waals surface area (Å²) in [6.45, 7) is 0.861. The fourth-order valence-corrected chi connectivity index (χ4v) is 4.86. The predicted molar refractivity (Wildman–Crippen MR) is 83.8 cm³/mol. The summed E-state index contributed by atoms with van der Waals surface area (Å²) >= 11 is 0. The van der Waals surface area contributed by atoms with E-state index < -0.39 is 0 Å². The zero-order valence-corrected chi connectivity index (χ0v) is 12.1. The van der Waals surface area contributed by atoms with Gasteiger partial charge in [0, 0.05) is 17.1 Å². The quantitative estimate of drug-likeness (QED) is 0.864. The minimum Gasteiger partial charge on any atom is -0.361 e. The molecule has 0 amide bonds. The summed E-state index contributed by atoms with van der Waals surface area (Å²) in [6, 6.07) is 8.76. The number of hydrogen-bond donors (Lipinski definition) is 2. The fraction of sp³-hybridized carbons (Fsp3) is 0.556. The molecule has 106 valence electrons. The highest BCUT2D eigenvalue weighted by atomic mass is 14.7. The van der Waals surface area contributed by atoms with Crippen LogP contribution in [0.5, 0.6) is 0 Å². The Labute approximate surface area is 120 Å². The molecule has 1 aromatic carbocycles. The highest BCUT2D eigenvalue weighted by Gasteiger charge is 2.49. The molecule has 1 heterocycles. The van der Waals surface area contributed by atoms with Crippen molar-refractivity contribution in [2.24, 2.45) is 11.1 Å². The molecule has 2 heteroatoms. The maximum absolute atomic E-state index is 5.83. The van der Waals surface area contributed by atoms with Crippen LogP contribution in [0.25, 0.3) is 10.9 Å². The Bertz CT molecular complexity index is 601. The molecule has 0 saturated heterocycles. The summed E-state index contributed by atoms with van der Waals surface area (Å²) in [5.41, 5.74) is 9.73. The molecule has 5 rings (SSSR count). The van der Waals surface area contributed by atoms with Crippen molar-refractivity contribution in [3.63, 3.8) is 0 Å². The van der Waals surface area contributed by atoms with Gasteiger partial charge in [0.15, 0.2) is 0 Å². The van der Waals surface area contributed by atoms with Gasteiger partial charge in [0.1, 0.15) is 0 Å². The molecule has 20 heavy (non-hydrogen) atoms. The van der Waals surface area contributed by atoms with Crippen LogP contribution in [0.4, 0.5) is 0 Å². The van der Waals surface area contributed by atoms with E-state index in [1.165, 1.54) is 55.8 Å². The number of fused-ring (bicyclic) bond motifs is 4. The molecule has 0 aliphatic heterocycles. The Hall–Kier alpha value is -1.28. The molecule has 0 atom stereocenters. The third kappa shape index (κ3) is 1.67. The van der Waals surface area contributed by atoms with Gasteiger partial charge in [0.05, 0.1) is 0 Å². The second-order valence-corrected chi connectivity index (χ2v) is 7.07. The minimum atomic E-state index is 0.440. The topological polar surface area (TPSA) is 41.8 Å². The van der Waals surface area contributed by atoms with Crippen molar-refractivity contribution in [2.75, 3.05) is 6.54 Å². The predicted octanol–water partition coefficient (Wildman–Crippen LogP) is 4.11. The fourth-order valence-electron chi connectivity index (χ4n) is 4.86. The highest BCUT2D eigenvalue weighted by molar-refractivity contribution is 5.84. The second kappa shape index (κ2) is 4.36. The van der Waals surface area contributed by atoms with Crippen molar-refractivity contribution < 1.29 is 0 Å². The number of nitrogens with one attached hydrogen (secondary N) is 1. The summed E-state index contributed by atoms with van der Waals surface area (Å²) in [4.78, 5) is 3.48. The van der Waals surface area contributed by atoms with Crippen molar-refractivity contribution in [3.8, 4) is 0 Å². The second-order valence-electron chi connectivity index (χ2n) is 7.07. The molecular weight excluding hydrogens is 244 g/mol. The van der Waals surface area contributed by atoms with E-state index >= 15 is 0 Å². The maximum atomic E-state index is 5.83. The average molecular weight is 268 g/mol. The summed E-state index contributed by atoms with van der Waals surface area (Å²) in [5.74, 6) is 0. The van der Waals surface area contributed by atoms with E-state index in [0.717, 1.165) is 6.54 Å². The standard InChI is InChI=1S/C18H24N2/c19-12-11-17-5-8-18(9-6-17,10-7-17)15-13-20-16-4-2-1-3-14(15)16/h1-4,13,20H,5-12,19H2. The number of H-pyrrole nitrogens is 1. The number of hydrogen-bond acceptors (Lipinski definition) is 1. The van der Waals surface area contributed by atoms with Crippen LogP contribution >= 0.6 is 0 Å². The summed E-state index contributed by atoms with van der Waals surface area (Å²) in [5, 5.41) is 1.45.